The van der Waals surface area contributed by atoms with Crippen LogP contribution in [0.25, 0.3) is 0 Å². The fourth-order valence-electron chi connectivity index (χ4n) is 1.99. The maximum atomic E-state index is 11.7. The van der Waals surface area contributed by atoms with Crippen LogP contribution in [0.5, 0.6) is 0 Å². The Kier molecular flexibility index (Phi) is 9.01. The molecule has 20 heavy (non-hydrogen) atoms. The minimum absolute atomic E-state index is 0.00346. The van der Waals surface area contributed by atoms with Crippen molar-refractivity contribution in [2.45, 2.75) is 59.9 Å². The molecule has 5 heteroatoms. The summed E-state index contributed by atoms with van der Waals surface area (Å²) >= 11 is 0. The molecular weight excluding hydrogens is 256 g/mol. The first-order valence-corrected chi connectivity index (χ1v) is 7.51. The highest BCUT2D eigenvalue weighted by Crippen LogP contribution is 2.10. The van der Waals surface area contributed by atoms with Crippen LogP contribution >= 0.6 is 0 Å². The van der Waals surface area contributed by atoms with E-state index in [0.717, 1.165) is 19.3 Å². The molecule has 118 valence electrons. The number of carbonyl (C=O) groups excluding carboxylic acids is 1. The lowest BCUT2D eigenvalue weighted by molar-refractivity contribution is -0.142. The molecule has 2 unspecified atom stereocenters. The molecule has 2 atom stereocenters. The first-order valence-electron chi connectivity index (χ1n) is 7.51. The highest BCUT2D eigenvalue weighted by molar-refractivity contribution is 5.76. The van der Waals surface area contributed by atoms with E-state index in [1.54, 1.807) is 0 Å². The number of carboxylic acids is 1. The predicted molar refractivity (Wildman–Crippen MR) is 80.6 cm³/mol. The van der Waals surface area contributed by atoms with Gasteiger partial charge in [0.05, 0.1) is 5.92 Å². The van der Waals surface area contributed by atoms with Crippen LogP contribution in [0.4, 0.5) is 4.79 Å². The Bertz CT molecular complexity index is 303. The second kappa shape index (κ2) is 9.61. The van der Waals surface area contributed by atoms with Crippen molar-refractivity contribution in [3.63, 3.8) is 0 Å². The van der Waals surface area contributed by atoms with Crippen molar-refractivity contribution in [2.75, 3.05) is 6.54 Å². The van der Waals surface area contributed by atoms with Gasteiger partial charge in [0.1, 0.15) is 0 Å². The Labute approximate surface area is 122 Å². The Balaban J connectivity index is 3.95. The van der Waals surface area contributed by atoms with E-state index < -0.39 is 11.9 Å². The fourth-order valence-corrected chi connectivity index (χ4v) is 1.99. The molecule has 0 aliphatic rings. The molecule has 0 rings (SSSR count). The molecule has 0 bridgehead atoms. The predicted octanol–water partition coefficient (Wildman–Crippen LogP) is 2.86. The van der Waals surface area contributed by atoms with E-state index in [4.69, 9.17) is 5.11 Å². The molecule has 0 saturated carbocycles. The zero-order chi connectivity index (χ0) is 15.7. The first kappa shape index (κ1) is 18.7. The zero-order valence-corrected chi connectivity index (χ0v) is 13.4. The summed E-state index contributed by atoms with van der Waals surface area (Å²) in [5, 5.41) is 14.5. The number of hydrogen-bond donors (Lipinski definition) is 3. The van der Waals surface area contributed by atoms with E-state index in [1.807, 2.05) is 20.8 Å². The van der Waals surface area contributed by atoms with Crippen molar-refractivity contribution in [3.8, 4) is 0 Å². The van der Waals surface area contributed by atoms with E-state index in [-0.39, 0.29) is 24.5 Å². The van der Waals surface area contributed by atoms with Crippen LogP contribution < -0.4 is 10.6 Å². The number of urea groups is 1. The molecule has 0 fully saturated rings. The Morgan fingerprint density at radius 3 is 2.10 bits per heavy atom. The van der Waals surface area contributed by atoms with Gasteiger partial charge in [-0.2, -0.15) is 0 Å². The Hall–Kier alpha value is -1.26. The van der Waals surface area contributed by atoms with Gasteiger partial charge in [0.25, 0.3) is 0 Å². The number of hydrogen-bond acceptors (Lipinski definition) is 2. The van der Waals surface area contributed by atoms with Gasteiger partial charge < -0.3 is 15.7 Å². The van der Waals surface area contributed by atoms with Crippen molar-refractivity contribution < 1.29 is 14.7 Å². The minimum Gasteiger partial charge on any atom is -0.481 e. The third-order valence-corrected chi connectivity index (χ3v) is 3.40. The van der Waals surface area contributed by atoms with Gasteiger partial charge >= 0.3 is 12.0 Å². The lowest BCUT2D eigenvalue weighted by Crippen LogP contribution is -2.44. The standard InChI is InChI=1S/C15H30N2O3/c1-10(2)7-6-8-12(5)17-15(20)16-9-13(11(3)4)14(18)19/h10-13H,6-9H2,1-5H3,(H,18,19)(H2,16,17,20). The molecule has 0 aromatic rings. The summed E-state index contributed by atoms with van der Waals surface area (Å²) in [6.07, 6.45) is 3.18. The van der Waals surface area contributed by atoms with Gasteiger partial charge in [-0.15, -0.1) is 0 Å². The average Bonchev–Trinajstić information content (AvgIpc) is 2.27. The quantitative estimate of drug-likeness (QED) is 0.610. The maximum absolute atomic E-state index is 11.7. The van der Waals surface area contributed by atoms with Crippen LogP contribution in [-0.2, 0) is 4.79 Å². The number of aliphatic carboxylic acids is 1. The summed E-state index contributed by atoms with van der Waals surface area (Å²) in [5.41, 5.74) is 0. The Morgan fingerprint density at radius 2 is 1.65 bits per heavy atom. The first-order chi connectivity index (χ1) is 9.23. The van der Waals surface area contributed by atoms with Gasteiger partial charge in [0.2, 0.25) is 0 Å². The number of carbonyl (C=O) groups is 2. The number of nitrogens with one attached hydrogen (secondary N) is 2. The third kappa shape index (κ3) is 8.77. The van der Waals surface area contributed by atoms with E-state index in [2.05, 4.69) is 24.5 Å². The SMILES string of the molecule is CC(C)CCCC(C)NC(=O)NCC(C(=O)O)C(C)C. The normalized spacial score (nSPS) is 14.2. The molecule has 0 aromatic carbocycles. The molecule has 0 aliphatic heterocycles. The summed E-state index contributed by atoms with van der Waals surface area (Å²) in [5.74, 6) is -0.739. The van der Waals surface area contributed by atoms with Crippen molar-refractivity contribution in [2.24, 2.45) is 17.8 Å². The molecule has 0 aliphatic carbocycles. The molecule has 0 radical (unpaired) electrons. The van der Waals surface area contributed by atoms with E-state index in [9.17, 15) is 9.59 Å². The Morgan fingerprint density at radius 1 is 1.05 bits per heavy atom. The van der Waals surface area contributed by atoms with E-state index in [1.165, 1.54) is 0 Å². The topological polar surface area (TPSA) is 78.4 Å². The largest absolute Gasteiger partial charge is 0.481 e. The van der Waals surface area contributed by atoms with Crippen LogP contribution in [0.1, 0.15) is 53.9 Å². The summed E-state index contributed by atoms with van der Waals surface area (Å²) in [4.78, 5) is 22.7. The van der Waals surface area contributed by atoms with Gasteiger partial charge in [-0.3, -0.25) is 4.79 Å². The maximum Gasteiger partial charge on any atom is 0.315 e. The number of amides is 2. The third-order valence-electron chi connectivity index (χ3n) is 3.40. The smallest absolute Gasteiger partial charge is 0.315 e. The summed E-state index contributed by atoms with van der Waals surface area (Å²) in [6, 6.07) is -0.176. The second-order valence-corrected chi connectivity index (χ2v) is 6.27. The lowest BCUT2D eigenvalue weighted by atomic mass is 9.96. The molecule has 0 heterocycles. The molecule has 2 amide bonds. The summed E-state index contributed by atoms with van der Waals surface area (Å²) in [6.45, 7) is 10.2. The van der Waals surface area contributed by atoms with Gasteiger partial charge in [-0.25, -0.2) is 4.79 Å². The molecule has 0 spiro atoms. The van der Waals surface area contributed by atoms with Crippen LogP contribution in [0.15, 0.2) is 0 Å². The average molecular weight is 286 g/mol. The van der Waals surface area contributed by atoms with Gasteiger partial charge in [-0.05, 0) is 25.2 Å². The number of rotatable bonds is 9. The lowest BCUT2D eigenvalue weighted by Gasteiger charge is -2.19. The highest BCUT2D eigenvalue weighted by Gasteiger charge is 2.22. The van der Waals surface area contributed by atoms with Crippen LogP contribution in [-0.4, -0.2) is 29.7 Å². The molecular formula is C15H30N2O3. The summed E-state index contributed by atoms with van der Waals surface area (Å²) < 4.78 is 0. The highest BCUT2D eigenvalue weighted by atomic mass is 16.4. The van der Waals surface area contributed by atoms with Crippen molar-refractivity contribution in [3.05, 3.63) is 0 Å². The molecule has 0 saturated heterocycles. The number of carboxylic acid groups (broad SMARTS) is 1. The molecule has 3 N–H and O–H groups in total. The van der Waals surface area contributed by atoms with Gasteiger partial charge in [0.15, 0.2) is 0 Å². The fraction of sp³-hybridized carbons (Fsp3) is 0.867. The second-order valence-electron chi connectivity index (χ2n) is 6.27. The monoisotopic (exact) mass is 286 g/mol. The summed E-state index contributed by atoms with van der Waals surface area (Å²) in [7, 11) is 0. The van der Waals surface area contributed by atoms with E-state index >= 15 is 0 Å². The molecule has 5 nitrogen and oxygen atoms in total. The van der Waals surface area contributed by atoms with Crippen molar-refractivity contribution >= 4 is 12.0 Å². The van der Waals surface area contributed by atoms with Crippen LogP contribution in [0, 0.1) is 17.8 Å². The van der Waals surface area contributed by atoms with Crippen LogP contribution in [0.3, 0.4) is 0 Å². The minimum atomic E-state index is -0.870. The van der Waals surface area contributed by atoms with Crippen molar-refractivity contribution in [1.82, 2.24) is 10.6 Å². The van der Waals surface area contributed by atoms with Crippen LogP contribution in [0.2, 0.25) is 0 Å². The van der Waals surface area contributed by atoms with E-state index in [0.29, 0.717) is 5.92 Å². The van der Waals surface area contributed by atoms with Crippen molar-refractivity contribution in [1.29, 1.82) is 0 Å². The van der Waals surface area contributed by atoms with Gasteiger partial charge in [-0.1, -0.05) is 40.5 Å². The molecule has 0 aromatic heterocycles. The zero-order valence-electron chi connectivity index (χ0n) is 13.4. The van der Waals surface area contributed by atoms with Gasteiger partial charge in [0, 0.05) is 12.6 Å².